The molecule has 2 aromatic rings. The molecule has 0 bridgehead atoms. The Morgan fingerprint density at radius 1 is 1.07 bits per heavy atom. The highest BCUT2D eigenvalue weighted by Crippen LogP contribution is 2.35. The molecular weight excluding hydrogens is 395 g/mol. The number of alkyl halides is 3. The summed E-state index contributed by atoms with van der Waals surface area (Å²) < 4.78 is 51.0. The van der Waals surface area contributed by atoms with Crippen LogP contribution in [0.4, 0.5) is 24.8 Å². The Bertz CT molecular complexity index is 791. The molecule has 1 aliphatic carbocycles. The predicted octanol–water partition coefficient (Wildman–Crippen LogP) is 6.52. The normalized spacial score (nSPS) is 14.7. The van der Waals surface area contributed by atoms with Crippen molar-refractivity contribution in [2.24, 2.45) is 0 Å². The van der Waals surface area contributed by atoms with Gasteiger partial charge in [0.25, 0.3) is 0 Å². The van der Waals surface area contributed by atoms with Gasteiger partial charge in [0.1, 0.15) is 11.3 Å². The minimum Gasteiger partial charge on any atom is -0.490 e. The SMILES string of the molecule is CCCCCCOc1nc(Nc2ccc(OC3CCCC3)cc2)ncc1C(F)(F)F. The van der Waals surface area contributed by atoms with Crippen LogP contribution in [0.25, 0.3) is 0 Å². The zero-order valence-corrected chi connectivity index (χ0v) is 17.2. The Morgan fingerprint density at radius 2 is 1.80 bits per heavy atom. The topological polar surface area (TPSA) is 56.3 Å². The van der Waals surface area contributed by atoms with Crippen molar-refractivity contribution in [3.05, 3.63) is 36.0 Å². The average molecular weight is 423 g/mol. The molecule has 0 aliphatic heterocycles. The van der Waals surface area contributed by atoms with E-state index in [0.29, 0.717) is 12.1 Å². The van der Waals surface area contributed by atoms with Crippen molar-refractivity contribution in [1.29, 1.82) is 0 Å². The summed E-state index contributed by atoms with van der Waals surface area (Å²) in [5.41, 5.74) is -0.314. The minimum absolute atomic E-state index is 0.0519. The molecule has 1 fully saturated rings. The largest absolute Gasteiger partial charge is 0.490 e. The van der Waals surface area contributed by atoms with Crippen LogP contribution in [-0.2, 0) is 6.18 Å². The molecule has 1 N–H and O–H groups in total. The smallest absolute Gasteiger partial charge is 0.423 e. The van der Waals surface area contributed by atoms with Gasteiger partial charge in [-0.3, -0.25) is 0 Å². The van der Waals surface area contributed by atoms with Gasteiger partial charge in [0.15, 0.2) is 0 Å². The number of ether oxygens (including phenoxy) is 2. The highest BCUT2D eigenvalue weighted by molar-refractivity contribution is 5.55. The molecule has 5 nitrogen and oxygen atoms in total. The Hall–Kier alpha value is -2.51. The number of aromatic nitrogens is 2. The summed E-state index contributed by atoms with van der Waals surface area (Å²) in [4.78, 5) is 7.77. The molecule has 0 radical (unpaired) electrons. The molecule has 0 spiro atoms. The van der Waals surface area contributed by atoms with Crippen LogP contribution in [0.5, 0.6) is 11.6 Å². The van der Waals surface area contributed by atoms with Crippen LogP contribution in [0.1, 0.15) is 63.9 Å². The maximum absolute atomic E-state index is 13.3. The first-order chi connectivity index (χ1) is 14.5. The van der Waals surface area contributed by atoms with Crippen LogP contribution < -0.4 is 14.8 Å². The molecular formula is C22H28F3N3O2. The van der Waals surface area contributed by atoms with Crippen LogP contribution in [0.3, 0.4) is 0 Å². The number of nitrogens with one attached hydrogen (secondary N) is 1. The van der Waals surface area contributed by atoms with Crippen LogP contribution in [0.2, 0.25) is 0 Å². The number of anilines is 2. The van der Waals surface area contributed by atoms with E-state index in [9.17, 15) is 13.2 Å². The van der Waals surface area contributed by atoms with E-state index in [-0.39, 0.29) is 18.7 Å². The van der Waals surface area contributed by atoms with Crippen molar-refractivity contribution < 1.29 is 22.6 Å². The maximum atomic E-state index is 13.3. The number of rotatable bonds is 10. The maximum Gasteiger partial charge on any atom is 0.423 e. The first-order valence-corrected chi connectivity index (χ1v) is 10.6. The number of unbranched alkanes of at least 4 members (excludes halogenated alkanes) is 3. The Labute approximate surface area is 175 Å². The third kappa shape index (κ3) is 6.50. The molecule has 0 atom stereocenters. The summed E-state index contributed by atoms with van der Waals surface area (Å²) in [5, 5.41) is 2.93. The van der Waals surface area contributed by atoms with Gasteiger partial charge in [0.2, 0.25) is 11.8 Å². The second kappa shape index (κ2) is 10.5. The molecule has 0 unspecified atom stereocenters. The highest BCUT2D eigenvalue weighted by atomic mass is 19.4. The van der Waals surface area contributed by atoms with Crippen LogP contribution >= 0.6 is 0 Å². The van der Waals surface area contributed by atoms with Gasteiger partial charge in [-0.25, -0.2) is 4.98 Å². The summed E-state index contributed by atoms with van der Waals surface area (Å²) in [5.74, 6) is 0.380. The second-order valence-electron chi connectivity index (χ2n) is 7.49. The van der Waals surface area contributed by atoms with E-state index in [2.05, 4.69) is 22.2 Å². The lowest BCUT2D eigenvalue weighted by atomic mass is 10.2. The molecule has 0 saturated heterocycles. The van der Waals surface area contributed by atoms with Gasteiger partial charge < -0.3 is 14.8 Å². The summed E-state index contributed by atoms with van der Waals surface area (Å²) in [7, 11) is 0. The lowest BCUT2D eigenvalue weighted by Crippen LogP contribution is -2.13. The number of hydrogen-bond acceptors (Lipinski definition) is 5. The fraction of sp³-hybridized carbons (Fsp3) is 0.545. The Morgan fingerprint density at radius 3 is 2.47 bits per heavy atom. The average Bonchev–Trinajstić information content (AvgIpc) is 3.22. The molecule has 3 rings (SSSR count). The van der Waals surface area contributed by atoms with E-state index in [1.807, 2.05) is 12.1 Å². The van der Waals surface area contributed by atoms with Gasteiger partial charge in [-0.2, -0.15) is 18.2 Å². The quantitative estimate of drug-likeness (QED) is 0.441. The van der Waals surface area contributed by atoms with Crippen LogP contribution in [0, 0.1) is 0 Å². The van der Waals surface area contributed by atoms with Crippen LogP contribution in [-0.4, -0.2) is 22.7 Å². The van der Waals surface area contributed by atoms with Crippen LogP contribution in [0.15, 0.2) is 30.5 Å². The van der Waals surface area contributed by atoms with Gasteiger partial charge in [0.05, 0.1) is 12.7 Å². The van der Waals surface area contributed by atoms with Crippen molar-refractivity contribution in [2.75, 3.05) is 11.9 Å². The van der Waals surface area contributed by atoms with Gasteiger partial charge in [-0.05, 0) is 56.4 Å². The third-order valence-electron chi connectivity index (χ3n) is 5.01. The van der Waals surface area contributed by atoms with Gasteiger partial charge in [-0.1, -0.05) is 26.2 Å². The molecule has 1 aromatic heterocycles. The predicted molar refractivity (Wildman–Crippen MR) is 109 cm³/mol. The fourth-order valence-electron chi connectivity index (χ4n) is 3.37. The van der Waals surface area contributed by atoms with Crippen molar-refractivity contribution in [3.8, 4) is 11.6 Å². The molecule has 164 valence electrons. The zero-order chi connectivity index (χ0) is 21.4. The standard InChI is InChI=1S/C22H28F3N3O2/c1-2-3-4-7-14-29-20-19(22(23,24)25)15-26-21(28-20)27-16-10-12-18(13-11-16)30-17-8-5-6-9-17/h10-13,15,17H,2-9,14H2,1H3,(H,26,27,28). The Kier molecular flexibility index (Phi) is 7.76. The second-order valence-corrected chi connectivity index (χ2v) is 7.49. The number of benzene rings is 1. The lowest BCUT2D eigenvalue weighted by Gasteiger charge is -2.15. The zero-order valence-electron chi connectivity index (χ0n) is 17.2. The van der Waals surface area contributed by atoms with Gasteiger partial charge >= 0.3 is 6.18 Å². The molecule has 1 aromatic carbocycles. The minimum atomic E-state index is -4.57. The molecule has 30 heavy (non-hydrogen) atoms. The first kappa shape index (κ1) is 22.2. The summed E-state index contributed by atoms with van der Waals surface area (Å²) >= 11 is 0. The van der Waals surface area contributed by atoms with Crippen molar-refractivity contribution >= 4 is 11.6 Å². The molecule has 1 saturated carbocycles. The summed E-state index contributed by atoms with van der Waals surface area (Å²) in [6.45, 7) is 2.26. The molecule has 1 heterocycles. The fourth-order valence-corrected chi connectivity index (χ4v) is 3.37. The summed E-state index contributed by atoms with van der Waals surface area (Å²) in [6.07, 6.45) is 4.62. The van der Waals surface area contributed by atoms with Crippen molar-refractivity contribution in [2.45, 2.75) is 70.6 Å². The van der Waals surface area contributed by atoms with E-state index in [0.717, 1.165) is 44.1 Å². The highest BCUT2D eigenvalue weighted by Gasteiger charge is 2.36. The van der Waals surface area contributed by atoms with E-state index < -0.39 is 17.6 Å². The number of hydrogen-bond donors (Lipinski definition) is 1. The monoisotopic (exact) mass is 423 g/mol. The van der Waals surface area contributed by atoms with E-state index in [1.54, 1.807) is 12.1 Å². The van der Waals surface area contributed by atoms with E-state index >= 15 is 0 Å². The Balaban J connectivity index is 1.65. The summed E-state index contributed by atoms with van der Waals surface area (Å²) in [6, 6.07) is 7.24. The van der Waals surface area contributed by atoms with Crippen molar-refractivity contribution in [3.63, 3.8) is 0 Å². The molecule has 0 amide bonds. The molecule has 8 heteroatoms. The lowest BCUT2D eigenvalue weighted by molar-refractivity contribution is -0.139. The van der Waals surface area contributed by atoms with Gasteiger partial charge in [0, 0.05) is 11.9 Å². The molecule has 1 aliphatic rings. The van der Waals surface area contributed by atoms with Gasteiger partial charge in [-0.15, -0.1) is 0 Å². The third-order valence-corrected chi connectivity index (χ3v) is 5.01. The van der Waals surface area contributed by atoms with E-state index in [4.69, 9.17) is 9.47 Å². The van der Waals surface area contributed by atoms with E-state index in [1.165, 1.54) is 12.8 Å². The number of nitrogens with zero attached hydrogens (tertiary/aromatic N) is 2. The first-order valence-electron chi connectivity index (χ1n) is 10.6. The van der Waals surface area contributed by atoms with Crippen molar-refractivity contribution in [1.82, 2.24) is 9.97 Å². The number of halogens is 3.